The average molecular weight is 542 g/mol. The Morgan fingerprint density at radius 2 is 1.71 bits per heavy atom. The lowest BCUT2D eigenvalue weighted by atomic mass is 9.96. The van der Waals surface area contributed by atoms with E-state index >= 15 is 0 Å². The number of carbonyl (C=O) groups is 2. The van der Waals surface area contributed by atoms with Gasteiger partial charge in [-0.3, -0.25) is 9.59 Å². The van der Waals surface area contributed by atoms with Gasteiger partial charge in [-0.05, 0) is 79.3 Å². The van der Waals surface area contributed by atoms with E-state index in [-0.39, 0.29) is 11.8 Å². The summed E-state index contributed by atoms with van der Waals surface area (Å²) in [7, 11) is 0. The van der Waals surface area contributed by atoms with E-state index in [9.17, 15) is 19.2 Å². The molecule has 2 amide bonds. The molecule has 0 spiro atoms. The SMILES string of the molecule is N#Cc1c(NC(=O)C(Sc2cccc(NC(=O)c3ccc(F)cc3)c2)c2ccccc2)sc2c1CCCC2. The van der Waals surface area contributed by atoms with Gasteiger partial charge in [0.25, 0.3) is 5.91 Å². The van der Waals surface area contributed by atoms with Crippen LogP contribution in [-0.4, -0.2) is 11.8 Å². The largest absolute Gasteiger partial charge is 0.322 e. The Bertz CT molecular complexity index is 1510. The summed E-state index contributed by atoms with van der Waals surface area (Å²) in [5.74, 6) is -0.970. The topological polar surface area (TPSA) is 82.0 Å². The minimum absolute atomic E-state index is 0.211. The quantitative estimate of drug-likeness (QED) is 0.240. The molecule has 1 aromatic heterocycles. The number of hydrogen-bond acceptors (Lipinski definition) is 5. The van der Waals surface area contributed by atoms with Crippen LogP contribution in [0, 0.1) is 17.1 Å². The van der Waals surface area contributed by atoms with Crippen molar-refractivity contribution >= 4 is 45.6 Å². The van der Waals surface area contributed by atoms with Gasteiger partial charge in [0.15, 0.2) is 0 Å². The standard InChI is InChI=1S/C30H24FN3O2S2/c31-21-15-13-20(14-16-21)28(35)33-22-9-6-10-23(17-22)37-27(19-7-2-1-3-8-19)29(36)34-30-25(18-32)24-11-4-5-12-26(24)38-30/h1-3,6-10,13-17,27H,4-5,11-12H2,(H,33,35)(H,34,36). The number of benzene rings is 3. The molecule has 1 aliphatic carbocycles. The molecule has 1 aliphatic rings. The highest BCUT2D eigenvalue weighted by atomic mass is 32.2. The van der Waals surface area contributed by atoms with Crippen LogP contribution >= 0.6 is 23.1 Å². The van der Waals surface area contributed by atoms with Crippen LogP contribution in [0.15, 0.2) is 83.8 Å². The maximum atomic E-state index is 13.6. The fourth-order valence-electron chi connectivity index (χ4n) is 4.44. The predicted octanol–water partition coefficient (Wildman–Crippen LogP) is 7.36. The number of nitriles is 1. The lowest BCUT2D eigenvalue weighted by molar-refractivity contribution is -0.115. The summed E-state index contributed by atoms with van der Waals surface area (Å²) >= 11 is 2.87. The van der Waals surface area contributed by atoms with Gasteiger partial charge in [0.2, 0.25) is 5.91 Å². The van der Waals surface area contributed by atoms with Crippen molar-refractivity contribution in [2.75, 3.05) is 10.6 Å². The van der Waals surface area contributed by atoms with Gasteiger partial charge >= 0.3 is 0 Å². The molecule has 0 radical (unpaired) electrons. The molecule has 0 saturated carbocycles. The Morgan fingerprint density at radius 1 is 0.947 bits per heavy atom. The Morgan fingerprint density at radius 3 is 2.47 bits per heavy atom. The fraction of sp³-hybridized carbons (Fsp3) is 0.167. The van der Waals surface area contributed by atoms with E-state index in [1.54, 1.807) is 12.1 Å². The van der Waals surface area contributed by atoms with Gasteiger partial charge in [-0.2, -0.15) is 5.26 Å². The van der Waals surface area contributed by atoms with E-state index in [1.165, 1.54) is 52.2 Å². The molecule has 4 aromatic rings. The van der Waals surface area contributed by atoms with Crippen LogP contribution in [0.2, 0.25) is 0 Å². The maximum Gasteiger partial charge on any atom is 0.255 e. The van der Waals surface area contributed by atoms with Crippen molar-refractivity contribution in [1.82, 2.24) is 0 Å². The Labute approximate surface area is 228 Å². The van der Waals surface area contributed by atoms with Crippen molar-refractivity contribution in [3.05, 3.63) is 112 Å². The summed E-state index contributed by atoms with van der Waals surface area (Å²) in [5, 5.41) is 15.7. The summed E-state index contributed by atoms with van der Waals surface area (Å²) < 4.78 is 13.2. The lowest BCUT2D eigenvalue weighted by Crippen LogP contribution is -2.19. The first-order valence-electron chi connectivity index (χ1n) is 12.3. The fourth-order valence-corrected chi connectivity index (χ4v) is 6.76. The van der Waals surface area contributed by atoms with Crippen molar-refractivity contribution in [3.8, 4) is 6.07 Å². The summed E-state index contributed by atoms with van der Waals surface area (Å²) in [6.07, 6.45) is 3.97. The monoisotopic (exact) mass is 541 g/mol. The normalized spacial score (nSPS) is 13.2. The molecule has 2 N–H and O–H groups in total. The molecule has 0 saturated heterocycles. The summed E-state index contributed by atoms with van der Waals surface area (Å²) in [6.45, 7) is 0. The molecule has 1 unspecified atom stereocenters. The van der Waals surface area contributed by atoms with Gasteiger partial charge in [0, 0.05) is 21.0 Å². The molecule has 3 aromatic carbocycles. The third kappa shape index (κ3) is 5.80. The van der Waals surface area contributed by atoms with Crippen molar-refractivity contribution < 1.29 is 14.0 Å². The molecule has 5 rings (SSSR count). The first-order chi connectivity index (χ1) is 18.5. The van der Waals surface area contributed by atoms with Crippen LogP contribution in [0.3, 0.4) is 0 Å². The molecule has 0 aliphatic heterocycles. The Hall–Kier alpha value is -3.93. The maximum absolute atomic E-state index is 13.6. The average Bonchev–Trinajstić information content (AvgIpc) is 3.29. The highest BCUT2D eigenvalue weighted by molar-refractivity contribution is 8.00. The summed E-state index contributed by atoms with van der Waals surface area (Å²) in [6, 6.07) is 24.4. The zero-order valence-electron chi connectivity index (χ0n) is 20.4. The molecule has 190 valence electrons. The van der Waals surface area contributed by atoms with E-state index in [0.29, 0.717) is 21.8 Å². The van der Waals surface area contributed by atoms with Crippen LogP contribution in [-0.2, 0) is 17.6 Å². The first kappa shape index (κ1) is 25.7. The molecular formula is C30H24FN3O2S2. The number of amides is 2. The molecule has 1 atom stereocenters. The number of hydrogen-bond donors (Lipinski definition) is 2. The second-order valence-corrected chi connectivity index (χ2v) is 11.2. The molecule has 0 fully saturated rings. The number of thiophene rings is 1. The minimum atomic E-state index is -0.579. The number of carbonyl (C=O) groups excluding carboxylic acids is 2. The van der Waals surface area contributed by atoms with E-state index in [2.05, 4.69) is 16.7 Å². The molecular weight excluding hydrogens is 517 g/mol. The second kappa shape index (κ2) is 11.6. The van der Waals surface area contributed by atoms with Crippen molar-refractivity contribution in [3.63, 3.8) is 0 Å². The second-order valence-electron chi connectivity index (χ2n) is 8.91. The minimum Gasteiger partial charge on any atom is -0.322 e. The van der Waals surface area contributed by atoms with Gasteiger partial charge in [0.05, 0.1) is 5.56 Å². The van der Waals surface area contributed by atoms with Gasteiger partial charge in [0.1, 0.15) is 22.1 Å². The van der Waals surface area contributed by atoms with Gasteiger partial charge < -0.3 is 10.6 Å². The molecule has 0 bridgehead atoms. The number of thioether (sulfide) groups is 1. The van der Waals surface area contributed by atoms with Gasteiger partial charge in [-0.1, -0.05) is 36.4 Å². The molecule has 5 nitrogen and oxygen atoms in total. The van der Waals surface area contributed by atoms with E-state index in [4.69, 9.17) is 0 Å². The molecule has 8 heteroatoms. The molecule has 1 heterocycles. The van der Waals surface area contributed by atoms with Crippen molar-refractivity contribution in [2.24, 2.45) is 0 Å². The summed E-state index contributed by atoms with van der Waals surface area (Å²) in [5.41, 5.74) is 3.40. The first-order valence-corrected chi connectivity index (χ1v) is 14.0. The Kier molecular flexibility index (Phi) is 7.87. The van der Waals surface area contributed by atoms with Crippen LogP contribution < -0.4 is 10.6 Å². The van der Waals surface area contributed by atoms with Crippen LogP contribution in [0.25, 0.3) is 0 Å². The Balaban J connectivity index is 1.37. The molecule has 38 heavy (non-hydrogen) atoms. The van der Waals surface area contributed by atoms with E-state index < -0.39 is 11.1 Å². The highest BCUT2D eigenvalue weighted by Crippen LogP contribution is 2.41. The van der Waals surface area contributed by atoms with Crippen molar-refractivity contribution in [1.29, 1.82) is 5.26 Å². The smallest absolute Gasteiger partial charge is 0.255 e. The number of aryl methyl sites for hydroxylation is 1. The van der Waals surface area contributed by atoms with Crippen molar-refractivity contribution in [2.45, 2.75) is 35.8 Å². The zero-order valence-corrected chi connectivity index (χ0v) is 22.0. The zero-order chi connectivity index (χ0) is 26.5. The highest BCUT2D eigenvalue weighted by Gasteiger charge is 2.26. The number of rotatable bonds is 7. The van der Waals surface area contributed by atoms with Crippen LogP contribution in [0.4, 0.5) is 15.1 Å². The number of anilines is 2. The number of nitrogens with zero attached hydrogens (tertiary/aromatic N) is 1. The third-order valence-corrected chi connectivity index (χ3v) is 8.77. The van der Waals surface area contributed by atoms with E-state index in [0.717, 1.165) is 41.7 Å². The predicted molar refractivity (Wildman–Crippen MR) is 150 cm³/mol. The van der Waals surface area contributed by atoms with Gasteiger partial charge in [-0.15, -0.1) is 23.1 Å². The van der Waals surface area contributed by atoms with Crippen LogP contribution in [0.1, 0.15) is 50.0 Å². The van der Waals surface area contributed by atoms with E-state index in [1.807, 2.05) is 42.5 Å². The number of fused-ring (bicyclic) bond motifs is 1. The number of halogens is 1. The summed E-state index contributed by atoms with van der Waals surface area (Å²) in [4.78, 5) is 28.2. The third-order valence-electron chi connectivity index (χ3n) is 6.31. The van der Waals surface area contributed by atoms with Gasteiger partial charge in [-0.25, -0.2) is 4.39 Å². The van der Waals surface area contributed by atoms with Crippen LogP contribution in [0.5, 0.6) is 0 Å². The lowest BCUT2D eigenvalue weighted by Gasteiger charge is -2.17. The number of nitrogens with one attached hydrogen (secondary N) is 2.